The first-order valence-corrected chi connectivity index (χ1v) is 7.80. The van der Waals surface area contributed by atoms with Crippen LogP contribution in [-0.4, -0.2) is 37.7 Å². The fourth-order valence-corrected chi connectivity index (χ4v) is 2.09. The third-order valence-corrected chi connectivity index (χ3v) is 3.20. The van der Waals surface area contributed by atoms with Gasteiger partial charge in [0, 0.05) is 19.6 Å². The Kier molecular flexibility index (Phi) is 4.41. The molecule has 0 saturated carbocycles. The van der Waals surface area contributed by atoms with E-state index in [1.165, 1.54) is 0 Å². The molecule has 19 heavy (non-hydrogen) atoms. The Balaban J connectivity index is 1.85. The van der Waals surface area contributed by atoms with Crippen molar-refractivity contribution in [1.82, 2.24) is 20.0 Å². The normalized spacial score (nSPS) is 11.8. The number of nitrogens with one attached hydrogen (secondary N) is 2. The number of fused-ring (bicyclic) bond motifs is 1. The van der Waals surface area contributed by atoms with Crippen LogP contribution in [0.1, 0.15) is 5.69 Å². The van der Waals surface area contributed by atoms with E-state index in [4.69, 9.17) is 0 Å². The number of rotatable bonds is 6. The third kappa shape index (κ3) is 4.55. The highest BCUT2D eigenvalue weighted by atomic mass is 32.2. The number of nitrogens with zero attached hydrogens (tertiary/aromatic N) is 2. The SMILES string of the molecule is CS(=O)(=O)NCCNCc1cnc2ccccc2n1. The van der Waals surface area contributed by atoms with Crippen LogP contribution in [0, 0.1) is 0 Å². The third-order valence-electron chi connectivity index (χ3n) is 2.47. The Hall–Kier alpha value is -1.57. The van der Waals surface area contributed by atoms with Crippen LogP contribution in [-0.2, 0) is 16.6 Å². The summed E-state index contributed by atoms with van der Waals surface area (Å²) in [5, 5.41) is 3.11. The molecule has 6 nitrogen and oxygen atoms in total. The molecule has 7 heteroatoms. The average Bonchev–Trinajstić information content (AvgIpc) is 2.37. The molecule has 0 radical (unpaired) electrons. The van der Waals surface area contributed by atoms with Crippen molar-refractivity contribution >= 4 is 21.1 Å². The highest BCUT2D eigenvalue weighted by molar-refractivity contribution is 7.88. The van der Waals surface area contributed by atoms with Crippen molar-refractivity contribution in [1.29, 1.82) is 0 Å². The first-order chi connectivity index (χ1) is 9.04. The highest BCUT2D eigenvalue weighted by Crippen LogP contribution is 2.07. The lowest BCUT2D eigenvalue weighted by molar-refractivity contribution is 0.581. The van der Waals surface area contributed by atoms with Crippen LogP contribution in [0.15, 0.2) is 30.5 Å². The molecular weight excluding hydrogens is 264 g/mol. The van der Waals surface area contributed by atoms with Crippen LogP contribution in [0.2, 0.25) is 0 Å². The molecule has 1 aromatic carbocycles. The standard InChI is InChI=1S/C12H16N4O2S/c1-19(17,18)15-7-6-13-8-10-9-14-11-4-2-3-5-12(11)16-10/h2-5,9,13,15H,6-8H2,1H3. The molecule has 2 N–H and O–H groups in total. The van der Waals surface area contributed by atoms with Gasteiger partial charge < -0.3 is 5.32 Å². The van der Waals surface area contributed by atoms with Gasteiger partial charge in [-0.2, -0.15) is 0 Å². The summed E-state index contributed by atoms with van der Waals surface area (Å²) in [4.78, 5) is 8.76. The largest absolute Gasteiger partial charge is 0.310 e. The summed E-state index contributed by atoms with van der Waals surface area (Å²) < 4.78 is 24.1. The molecule has 0 aliphatic rings. The Bertz CT molecular complexity index is 658. The maximum atomic E-state index is 10.8. The smallest absolute Gasteiger partial charge is 0.208 e. The molecule has 0 aliphatic carbocycles. The van der Waals surface area contributed by atoms with Crippen molar-refractivity contribution < 1.29 is 8.42 Å². The van der Waals surface area contributed by atoms with Crippen LogP contribution < -0.4 is 10.0 Å². The Morgan fingerprint density at radius 1 is 1.16 bits per heavy atom. The van der Waals surface area contributed by atoms with E-state index in [1.54, 1.807) is 6.20 Å². The number of benzene rings is 1. The van der Waals surface area contributed by atoms with Crippen LogP contribution in [0.4, 0.5) is 0 Å². The summed E-state index contributed by atoms with van der Waals surface area (Å²) >= 11 is 0. The monoisotopic (exact) mass is 280 g/mol. The lowest BCUT2D eigenvalue weighted by atomic mass is 10.3. The molecule has 0 unspecified atom stereocenters. The number of hydrogen-bond donors (Lipinski definition) is 2. The number of para-hydroxylation sites is 2. The summed E-state index contributed by atoms with van der Waals surface area (Å²) in [6.07, 6.45) is 2.86. The molecule has 0 aliphatic heterocycles. The zero-order chi connectivity index (χ0) is 13.7. The topological polar surface area (TPSA) is 84.0 Å². The van der Waals surface area contributed by atoms with E-state index in [2.05, 4.69) is 20.0 Å². The molecule has 0 atom stereocenters. The lowest BCUT2D eigenvalue weighted by Gasteiger charge is -2.05. The van der Waals surface area contributed by atoms with E-state index in [0.29, 0.717) is 19.6 Å². The van der Waals surface area contributed by atoms with Gasteiger partial charge in [-0.15, -0.1) is 0 Å². The molecular formula is C12H16N4O2S. The van der Waals surface area contributed by atoms with Gasteiger partial charge in [0.2, 0.25) is 10.0 Å². The van der Waals surface area contributed by atoms with Gasteiger partial charge in [-0.1, -0.05) is 12.1 Å². The second-order valence-electron chi connectivity index (χ2n) is 4.19. The fourth-order valence-electron chi connectivity index (χ4n) is 1.62. The zero-order valence-corrected chi connectivity index (χ0v) is 11.4. The molecule has 0 amide bonds. The van der Waals surface area contributed by atoms with Crippen LogP contribution in [0.3, 0.4) is 0 Å². The minimum absolute atomic E-state index is 0.361. The van der Waals surface area contributed by atoms with Gasteiger partial charge in [0.1, 0.15) is 0 Å². The number of hydrogen-bond acceptors (Lipinski definition) is 5. The quantitative estimate of drug-likeness (QED) is 0.742. The fraction of sp³-hybridized carbons (Fsp3) is 0.333. The Labute approximate surface area is 112 Å². The molecule has 0 fully saturated rings. The van der Waals surface area contributed by atoms with Crippen molar-refractivity contribution in [3.05, 3.63) is 36.2 Å². The van der Waals surface area contributed by atoms with Crippen molar-refractivity contribution in [2.75, 3.05) is 19.3 Å². The molecule has 0 saturated heterocycles. The zero-order valence-electron chi connectivity index (χ0n) is 10.6. The second-order valence-corrected chi connectivity index (χ2v) is 6.03. The Morgan fingerprint density at radius 2 is 1.89 bits per heavy atom. The maximum absolute atomic E-state index is 10.8. The molecule has 1 heterocycles. The predicted molar refractivity (Wildman–Crippen MR) is 74.1 cm³/mol. The van der Waals surface area contributed by atoms with Gasteiger partial charge in [0.25, 0.3) is 0 Å². The van der Waals surface area contributed by atoms with Crippen molar-refractivity contribution in [2.45, 2.75) is 6.54 Å². The van der Waals surface area contributed by atoms with Gasteiger partial charge in [-0.25, -0.2) is 18.1 Å². The van der Waals surface area contributed by atoms with Crippen molar-refractivity contribution in [3.63, 3.8) is 0 Å². The molecule has 2 aromatic rings. The first kappa shape index (κ1) is 13.9. The summed E-state index contributed by atoms with van der Waals surface area (Å²) in [6.45, 7) is 1.46. The summed E-state index contributed by atoms with van der Waals surface area (Å²) in [6, 6.07) is 7.67. The van der Waals surface area contributed by atoms with E-state index in [1.807, 2.05) is 24.3 Å². The first-order valence-electron chi connectivity index (χ1n) is 5.90. The highest BCUT2D eigenvalue weighted by Gasteiger charge is 2.00. The van der Waals surface area contributed by atoms with E-state index in [0.717, 1.165) is 23.0 Å². The second kappa shape index (κ2) is 6.05. The van der Waals surface area contributed by atoms with E-state index < -0.39 is 10.0 Å². The van der Waals surface area contributed by atoms with Gasteiger partial charge in [-0.05, 0) is 12.1 Å². The van der Waals surface area contributed by atoms with Crippen LogP contribution in [0.25, 0.3) is 11.0 Å². The average molecular weight is 280 g/mol. The molecule has 0 bridgehead atoms. The summed E-state index contributed by atoms with van der Waals surface area (Å²) in [5.74, 6) is 0. The minimum atomic E-state index is -3.12. The lowest BCUT2D eigenvalue weighted by Crippen LogP contribution is -2.30. The van der Waals surface area contributed by atoms with Crippen molar-refractivity contribution in [3.8, 4) is 0 Å². The predicted octanol–water partition coefficient (Wildman–Crippen LogP) is 0.269. The minimum Gasteiger partial charge on any atom is -0.310 e. The molecule has 1 aromatic heterocycles. The molecule has 0 spiro atoms. The van der Waals surface area contributed by atoms with Crippen LogP contribution in [0.5, 0.6) is 0 Å². The summed E-state index contributed by atoms with van der Waals surface area (Å²) in [5.41, 5.74) is 2.55. The summed E-state index contributed by atoms with van der Waals surface area (Å²) in [7, 11) is -3.12. The molecule has 2 rings (SSSR count). The van der Waals surface area contributed by atoms with E-state index in [-0.39, 0.29) is 0 Å². The number of aromatic nitrogens is 2. The van der Waals surface area contributed by atoms with Gasteiger partial charge >= 0.3 is 0 Å². The van der Waals surface area contributed by atoms with Crippen molar-refractivity contribution in [2.24, 2.45) is 0 Å². The van der Waals surface area contributed by atoms with Gasteiger partial charge in [-0.3, -0.25) is 4.98 Å². The maximum Gasteiger partial charge on any atom is 0.208 e. The number of sulfonamides is 1. The van der Waals surface area contributed by atoms with Gasteiger partial charge in [0.15, 0.2) is 0 Å². The van der Waals surface area contributed by atoms with Crippen LogP contribution >= 0.6 is 0 Å². The van der Waals surface area contributed by atoms with E-state index >= 15 is 0 Å². The molecule has 102 valence electrons. The Morgan fingerprint density at radius 3 is 2.63 bits per heavy atom. The van der Waals surface area contributed by atoms with Gasteiger partial charge in [0.05, 0.1) is 29.2 Å². The van der Waals surface area contributed by atoms with E-state index in [9.17, 15) is 8.42 Å².